The second-order valence-electron chi connectivity index (χ2n) is 10.7. The third-order valence-electron chi connectivity index (χ3n) is 8.78. The quantitative estimate of drug-likeness (QED) is 0.389. The number of pyridine rings is 2. The summed E-state index contributed by atoms with van der Waals surface area (Å²) in [7, 11) is 3.31. The van der Waals surface area contributed by atoms with Gasteiger partial charge in [0.25, 0.3) is 5.56 Å². The van der Waals surface area contributed by atoms with Gasteiger partial charge in [0.1, 0.15) is 12.4 Å². The summed E-state index contributed by atoms with van der Waals surface area (Å²) in [6.07, 6.45) is 1.64. The molecule has 2 aromatic heterocycles. The first-order valence-electron chi connectivity index (χ1n) is 13.2. The Kier molecular flexibility index (Phi) is 5.89. The molecule has 0 saturated heterocycles. The molecule has 1 N–H and O–H groups in total. The summed E-state index contributed by atoms with van der Waals surface area (Å²) >= 11 is 0. The van der Waals surface area contributed by atoms with Crippen molar-refractivity contribution in [2.24, 2.45) is 0 Å². The molecule has 204 valence electrons. The molecular weight excluding hydrogens is 505 g/mol. The van der Waals surface area contributed by atoms with E-state index in [-0.39, 0.29) is 60.5 Å². The van der Waals surface area contributed by atoms with Crippen LogP contribution in [0.3, 0.4) is 0 Å². The molecule has 3 aliphatic rings. The molecule has 2 aliphatic heterocycles. The molecule has 0 spiro atoms. The maximum atomic E-state index is 15.0. The van der Waals surface area contributed by atoms with Crippen molar-refractivity contribution < 1.29 is 28.6 Å². The molecule has 1 aromatic carbocycles. The van der Waals surface area contributed by atoms with Crippen molar-refractivity contribution in [1.82, 2.24) is 14.5 Å². The van der Waals surface area contributed by atoms with E-state index < -0.39 is 11.6 Å². The SMILES string of the molecule is CC[C@@]1(O)C(=O)OCc2c1cc1n(c2=O)Cc2c-1nc1cc(F)c(C)c3c1c2[C@@H](N(C)CCC(=O)OC)CC3. The van der Waals surface area contributed by atoms with E-state index in [0.717, 1.165) is 22.1 Å². The minimum atomic E-state index is -1.93. The lowest BCUT2D eigenvalue weighted by molar-refractivity contribution is -0.172. The zero-order valence-electron chi connectivity index (χ0n) is 22.4. The smallest absolute Gasteiger partial charge is 0.343 e. The number of rotatable bonds is 5. The van der Waals surface area contributed by atoms with Crippen LogP contribution >= 0.6 is 0 Å². The van der Waals surface area contributed by atoms with Gasteiger partial charge in [0.05, 0.1) is 42.5 Å². The molecule has 1 aliphatic carbocycles. The van der Waals surface area contributed by atoms with Crippen LogP contribution in [0.1, 0.15) is 65.6 Å². The number of aromatic nitrogens is 2. The Morgan fingerprint density at radius 1 is 1.31 bits per heavy atom. The first-order chi connectivity index (χ1) is 18.6. The number of ether oxygens (including phenoxy) is 2. The molecule has 0 unspecified atom stereocenters. The third kappa shape index (κ3) is 3.57. The van der Waals surface area contributed by atoms with E-state index in [1.165, 1.54) is 13.2 Å². The summed E-state index contributed by atoms with van der Waals surface area (Å²) in [5.74, 6) is -1.42. The highest BCUT2D eigenvalue weighted by Crippen LogP contribution is 2.47. The summed E-state index contributed by atoms with van der Waals surface area (Å²) in [6, 6.07) is 3.01. The predicted molar refractivity (Wildman–Crippen MR) is 140 cm³/mol. The second kappa shape index (κ2) is 8.96. The van der Waals surface area contributed by atoms with Crippen LogP contribution in [-0.4, -0.2) is 52.2 Å². The van der Waals surface area contributed by atoms with Crippen LogP contribution in [0, 0.1) is 12.7 Å². The standard InChI is InChI=1S/C29H30FN3O6/c1-5-29(37)18-10-22-26-16(12-33(22)27(35)17(18)13-39-28(29)36)25-21(32(3)9-8-23(34)38-4)7-6-15-14(2)19(30)11-20(31-26)24(15)25/h10-11,21,37H,5-9,12-13H2,1-4H3/t21-,29-/m0/s1. The number of benzene rings is 1. The summed E-state index contributed by atoms with van der Waals surface area (Å²) in [6.45, 7) is 3.95. The van der Waals surface area contributed by atoms with E-state index in [4.69, 9.17) is 14.5 Å². The highest BCUT2D eigenvalue weighted by molar-refractivity contribution is 5.93. The molecule has 9 nitrogen and oxygen atoms in total. The number of methoxy groups -OCH3 is 1. The molecule has 0 saturated carbocycles. The molecule has 10 heteroatoms. The second-order valence-corrected chi connectivity index (χ2v) is 10.7. The fraction of sp³-hybridized carbons (Fsp3) is 0.448. The number of esters is 2. The Hall–Kier alpha value is -3.63. The number of halogens is 1. The average molecular weight is 536 g/mol. The number of carbonyl (C=O) groups is 2. The largest absolute Gasteiger partial charge is 0.469 e. The Morgan fingerprint density at radius 3 is 2.79 bits per heavy atom. The lowest BCUT2D eigenvalue weighted by atomic mass is 9.81. The van der Waals surface area contributed by atoms with Crippen LogP contribution in [0.25, 0.3) is 22.3 Å². The van der Waals surface area contributed by atoms with Gasteiger partial charge in [0, 0.05) is 35.2 Å². The van der Waals surface area contributed by atoms with E-state index in [9.17, 15) is 19.5 Å². The number of carbonyl (C=O) groups excluding carboxylic acids is 2. The number of aliphatic hydroxyl groups is 1. The van der Waals surface area contributed by atoms with Crippen LogP contribution in [0.2, 0.25) is 0 Å². The van der Waals surface area contributed by atoms with E-state index >= 15 is 4.39 Å². The molecule has 2 atom stereocenters. The Labute approximate surface area is 224 Å². The third-order valence-corrected chi connectivity index (χ3v) is 8.78. The van der Waals surface area contributed by atoms with Gasteiger partial charge in [-0.3, -0.25) is 14.5 Å². The van der Waals surface area contributed by atoms with Crippen molar-refractivity contribution in [2.45, 2.75) is 64.3 Å². The number of hydrogen-bond acceptors (Lipinski definition) is 8. The minimum Gasteiger partial charge on any atom is -0.469 e. The van der Waals surface area contributed by atoms with Crippen LogP contribution in [-0.2, 0) is 44.2 Å². The maximum absolute atomic E-state index is 15.0. The van der Waals surface area contributed by atoms with Gasteiger partial charge in [-0.25, -0.2) is 14.2 Å². The van der Waals surface area contributed by atoms with Gasteiger partial charge in [0.15, 0.2) is 5.60 Å². The molecule has 4 heterocycles. The Bertz CT molecular complexity index is 1650. The fourth-order valence-electron chi connectivity index (χ4n) is 6.50. The highest BCUT2D eigenvalue weighted by Gasteiger charge is 2.46. The molecule has 39 heavy (non-hydrogen) atoms. The molecule has 6 rings (SSSR count). The summed E-state index contributed by atoms with van der Waals surface area (Å²) < 4.78 is 26.7. The van der Waals surface area contributed by atoms with Crippen molar-refractivity contribution in [3.05, 3.63) is 61.7 Å². The normalized spacial score (nSPS) is 21.0. The average Bonchev–Trinajstić information content (AvgIpc) is 3.31. The summed E-state index contributed by atoms with van der Waals surface area (Å²) in [4.78, 5) is 45.1. The van der Waals surface area contributed by atoms with Crippen LogP contribution in [0.4, 0.5) is 4.39 Å². The summed E-state index contributed by atoms with van der Waals surface area (Å²) in [5, 5.41) is 12.1. The van der Waals surface area contributed by atoms with Gasteiger partial charge in [-0.1, -0.05) is 6.92 Å². The first kappa shape index (κ1) is 25.6. The van der Waals surface area contributed by atoms with Crippen LogP contribution in [0.15, 0.2) is 16.9 Å². The Morgan fingerprint density at radius 2 is 2.08 bits per heavy atom. The van der Waals surface area contributed by atoms with Crippen molar-refractivity contribution in [2.75, 3.05) is 20.7 Å². The van der Waals surface area contributed by atoms with E-state index in [1.54, 1.807) is 24.5 Å². The number of hydrogen-bond donors (Lipinski definition) is 1. The number of fused-ring (bicyclic) bond motifs is 5. The predicted octanol–water partition coefficient (Wildman–Crippen LogP) is 3.01. The molecule has 0 bridgehead atoms. The molecule has 0 fully saturated rings. The first-order valence-corrected chi connectivity index (χ1v) is 13.2. The topological polar surface area (TPSA) is 111 Å². The lowest BCUT2D eigenvalue weighted by Crippen LogP contribution is -2.44. The lowest BCUT2D eigenvalue weighted by Gasteiger charge is -2.35. The molecular formula is C29H30FN3O6. The highest BCUT2D eigenvalue weighted by atomic mass is 19.1. The minimum absolute atomic E-state index is 0.0475. The van der Waals surface area contributed by atoms with Crippen LogP contribution in [0.5, 0.6) is 0 Å². The molecule has 0 radical (unpaired) electrons. The van der Waals surface area contributed by atoms with Gasteiger partial charge in [-0.15, -0.1) is 0 Å². The van der Waals surface area contributed by atoms with E-state index in [2.05, 4.69) is 4.90 Å². The maximum Gasteiger partial charge on any atom is 0.343 e. The van der Waals surface area contributed by atoms with Crippen molar-refractivity contribution in [1.29, 1.82) is 0 Å². The van der Waals surface area contributed by atoms with Crippen LogP contribution < -0.4 is 5.56 Å². The van der Waals surface area contributed by atoms with Crippen molar-refractivity contribution in [3.8, 4) is 11.4 Å². The van der Waals surface area contributed by atoms with E-state index in [0.29, 0.717) is 41.9 Å². The fourth-order valence-corrected chi connectivity index (χ4v) is 6.50. The van der Waals surface area contributed by atoms with Gasteiger partial charge < -0.3 is 19.1 Å². The monoisotopic (exact) mass is 535 g/mol. The van der Waals surface area contributed by atoms with Gasteiger partial charge in [-0.05, 0) is 56.0 Å². The van der Waals surface area contributed by atoms with E-state index in [1.807, 2.05) is 7.05 Å². The van der Waals surface area contributed by atoms with Gasteiger partial charge >= 0.3 is 11.9 Å². The zero-order chi connectivity index (χ0) is 27.8. The number of nitrogens with zero attached hydrogens (tertiary/aromatic N) is 3. The number of aryl methyl sites for hydroxylation is 1. The zero-order valence-corrected chi connectivity index (χ0v) is 22.4. The summed E-state index contributed by atoms with van der Waals surface area (Å²) in [5.41, 5.74) is 3.08. The van der Waals surface area contributed by atoms with Crippen molar-refractivity contribution >= 4 is 22.8 Å². The van der Waals surface area contributed by atoms with Crippen molar-refractivity contribution in [3.63, 3.8) is 0 Å². The van der Waals surface area contributed by atoms with Gasteiger partial charge in [0.2, 0.25) is 0 Å². The molecule has 0 amide bonds. The van der Waals surface area contributed by atoms with Gasteiger partial charge in [-0.2, -0.15) is 0 Å². The molecule has 3 aromatic rings. The Balaban J connectivity index is 1.60. The number of cyclic esters (lactones) is 1.